The fraction of sp³-hybridized carbons (Fsp3) is 0.125. The van der Waals surface area contributed by atoms with Crippen LogP contribution in [-0.4, -0.2) is 29.9 Å². The van der Waals surface area contributed by atoms with Gasteiger partial charge in [-0.3, -0.25) is 14.5 Å². The number of carbonyl (C=O) groups excluding carboxylic acids is 2. The number of hydrogen-bond acceptors (Lipinski definition) is 3. The number of benzene rings is 1. The number of hydrogen-bond donors (Lipinski definition) is 0. The van der Waals surface area contributed by atoms with Gasteiger partial charge in [-0.05, 0) is 12.1 Å². The van der Waals surface area contributed by atoms with E-state index in [-0.39, 0.29) is 25.0 Å². The Morgan fingerprint density at radius 2 is 1.55 bits per heavy atom. The van der Waals surface area contributed by atoms with Crippen molar-refractivity contribution in [2.45, 2.75) is 0 Å². The summed E-state index contributed by atoms with van der Waals surface area (Å²) in [6, 6.07) is 9.23. The van der Waals surface area contributed by atoms with Crippen molar-refractivity contribution in [1.82, 2.24) is 4.90 Å². The van der Waals surface area contributed by atoms with Crippen LogP contribution in [0.3, 0.4) is 0 Å². The molecule has 0 atom stereocenters. The van der Waals surface area contributed by atoms with Gasteiger partial charge in [-0.25, -0.2) is 0 Å². The Labute approximate surface area is 117 Å². The summed E-state index contributed by atoms with van der Waals surface area (Å²) in [5.41, 5.74) is 0.592. The van der Waals surface area contributed by atoms with Gasteiger partial charge in [-0.15, -0.1) is 0 Å². The average molecular weight is 269 g/mol. The lowest BCUT2D eigenvalue weighted by Crippen LogP contribution is -2.35. The highest BCUT2D eigenvalue weighted by Crippen LogP contribution is 2.22. The number of carbonyl (C=O) groups is 2. The standard InChI is InChI=1S/C16H15NO3/c1-3-13-14(4-2)16(19)17(15(13)18)10-11-20-12-8-6-5-7-9-12/h3-9H,1-2,10-11H2. The smallest absolute Gasteiger partial charge is 0.261 e. The zero-order chi connectivity index (χ0) is 14.5. The molecule has 1 heterocycles. The molecule has 0 N–H and O–H groups in total. The third-order valence-electron chi connectivity index (χ3n) is 2.98. The molecule has 1 aromatic carbocycles. The van der Waals surface area contributed by atoms with Crippen LogP contribution in [0.1, 0.15) is 0 Å². The molecule has 2 amide bonds. The van der Waals surface area contributed by atoms with E-state index < -0.39 is 0 Å². The molecule has 0 aliphatic carbocycles. The molecule has 1 aromatic rings. The van der Waals surface area contributed by atoms with Crippen LogP contribution in [0, 0.1) is 0 Å². The SMILES string of the molecule is C=CC1=C(C=C)C(=O)N(CCOc2ccccc2)C1=O. The number of ether oxygens (including phenoxy) is 1. The molecule has 0 saturated heterocycles. The Balaban J connectivity index is 1.98. The zero-order valence-corrected chi connectivity index (χ0v) is 11.0. The summed E-state index contributed by atoms with van der Waals surface area (Å²) in [6.07, 6.45) is 2.77. The minimum Gasteiger partial charge on any atom is -0.492 e. The predicted octanol–water partition coefficient (Wildman–Crippen LogP) is 2.10. The fourth-order valence-electron chi connectivity index (χ4n) is 1.98. The molecule has 0 saturated carbocycles. The van der Waals surface area contributed by atoms with Crippen LogP contribution in [0.15, 0.2) is 66.8 Å². The summed E-state index contributed by atoms with van der Waals surface area (Å²) in [7, 11) is 0. The first-order valence-electron chi connectivity index (χ1n) is 6.22. The summed E-state index contributed by atoms with van der Waals surface area (Å²) < 4.78 is 5.49. The summed E-state index contributed by atoms with van der Waals surface area (Å²) >= 11 is 0. The molecule has 0 unspecified atom stereocenters. The summed E-state index contributed by atoms with van der Waals surface area (Å²) in [6.45, 7) is 7.54. The highest BCUT2D eigenvalue weighted by Gasteiger charge is 2.34. The second-order valence-electron chi connectivity index (χ2n) is 4.16. The quantitative estimate of drug-likeness (QED) is 0.743. The molecule has 1 aliphatic rings. The lowest BCUT2D eigenvalue weighted by Gasteiger charge is -2.15. The van der Waals surface area contributed by atoms with Gasteiger partial charge >= 0.3 is 0 Å². The number of nitrogens with zero attached hydrogens (tertiary/aromatic N) is 1. The second-order valence-corrected chi connectivity index (χ2v) is 4.16. The van der Waals surface area contributed by atoms with Crippen LogP contribution < -0.4 is 4.74 Å². The van der Waals surface area contributed by atoms with Crippen LogP contribution in [0.5, 0.6) is 5.75 Å². The van der Waals surface area contributed by atoms with Crippen molar-refractivity contribution in [3.05, 3.63) is 66.8 Å². The highest BCUT2D eigenvalue weighted by atomic mass is 16.5. The Kier molecular flexibility index (Phi) is 4.15. The van der Waals surface area contributed by atoms with Crippen LogP contribution in [0.25, 0.3) is 0 Å². The first-order valence-corrected chi connectivity index (χ1v) is 6.22. The molecule has 0 aromatic heterocycles. The van der Waals surface area contributed by atoms with E-state index in [0.717, 1.165) is 4.90 Å². The molecule has 0 bridgehead atoms. The van der Waals surface area contributed by atoms with E-state index in [4.69, 9.17) is 4.74 Å². The van der Waals surface area contributed by atoms with Crippen molar-refractivity contribution < 1.29 is 14.3 Å². The van der Waals surface area contributed by atoms with Crippen LogP contribution in [0.4, 0.5) is 0 Å². The molecule has 2 rings (SSSR count). The third-order valence-corrected chi connectivity index (χ3v) is 2.98. The summed E-state index contributed by atoms with van der Waals surface area (Å²) in [5.74, 6) is 0.000524. The third kappa shape index (κ3) is 2.54. The first-order chi connectivity index (χ1) is 9.69. The maximum absolute atomic E-state index is 12.0. The van der Waals surface area contributed by atoms with E-state index in [1.165, 1.54) is 12.2 Å². The van der Waals surface area contributed by atoms with E-state index in [2.05, 4.69) is 13.2 Å². The molecular weight excluding hydrogens is 254 g/mol. The van der Waals surface area contributed by atoms with Gasteiger partial charge in [-0.1, -0.05) is 43.5 Å². The number of amides is 2. The van der Waals surface area contributed by atoms with Crippen LogP contribution >= 0.6 is 0 Å². The monoisotopic (exact) mass is 269 g/mol. The Morgan fingerprint density at radius 3 is 2.05 bits per heavy atom. The van der Waals surface area contributed by atoms with Crippen molar-refractivity contribution in [2.24, 2.45) is 0 Å². The van der Waals surface area contributed by atoms with Crippen molar-refractivity contribution in [2.75, 3.05) is 13.2 Å². The molecule has 20 heavy (non-hydrogen) atoms. The van der Waals surface area contributed by atoms with Gasteiger partial charge in [0.1, 0.15) is 12.4 Å². The first kappa shape index (κ1) is 13.8. The Morgan fingerprint density at radius 1 is 1.00 bits per heavy atom. The van der Waals surface area contributed by atoms with Gasteiger partial charge in [0.05, 0.1) is 17.7 Å². The van der Waals surface area contributed by atoms with Crippen LogP contribution in [0.2, 0.25) is 0 Å². The fourth-order valence-corrected chi connectivity index (χ4v) is 1.98. The van der Waals surface area contributed by atoms with Gasteiger partial charge < -0.3 is 4.74 Å². The molecule has 0 radical (unpaired) electrons. The normalized spacial score (nSPS) is 14.7. The second kappa shape index (κ2) is 6.02. The lowest BCUT2D eigenvalue weighted by molar-refractivity contribution is -0.137. The van der Waals surface area contributed by atoms with E-state index in [1.54, 1.807) is 0 Å². The zero-order valence-electron chi connectivity index (χ0n) is 11.0. The van der Waals surface area contributed by atoms with Gasteiger partial charge in [-0.2, -0.15) is 0 Å². The van der Waals surface area contributed by atoms with Crippen LogP contribution in [-0.2, 0) is 9.59 Å². The van der Waals surface area contributed by atoms with Crippen molar-refractivity contribution in [3.8, 4) is 5.75 Å². The maximum atomic E-state index is 12.0. The average Bonchev–Trinajstić information content (AvgIpc) is 2.71. The molecule has 0 spiro atoms. The highest BCUT2D eigenvalue weighted by molar-refractivity contribution is 6.21. The molecule has 4 nitrogen and oxygen atoms in total. The van der Waals surface area contributed by atoms with Gasteiger partial charge in [0.25, 0.3) is 11.8 Å². The van der Waals surface area contributed by atoms with Gasteiger partial charge in [0, 0.05) is 0 Å². The van der Waals surface area contributed by atoms with Crippen molar-refractivity contribution in [1.29, 1.82) is 0 Å². The van der Waals surface area contributed by atoms with Gasteiger partial charge in [0.2, 0.25) is 0 Å². The Hall–Kier alpha value is -2.62. The number of para-hydroxylation sites is 1. The van der Waals surface area contributed by atoms with Crippen molar-refractivity contribution in [3.63, 3.8) is 0 Å². The van der Waals surface area contributed by atoms with E-state index in [9.17, 15) is 9.59 Å². The predicted molar refractivity (Wildman–Crippen MR) is 76.1 cm³/mol. The maximum Gasteiger partial charge on any atom is 0.261 e. The van der Waals surface area contributed by atoms with E-state index >= 15 is 0 Å². The molecular formula is C16H15NO3. The topological polar surface area (TPSA) is 46.6 Å². The lowest BCUT2D eigenvalue weighted by atomic mass is 10.1. The molecule has 1 aliphatic heterocycles. The summed E-state index contributed by atoms with van der Waals surface area (Å²) in [4.78, 5) is 25.2. The van der Waals surface area contributed by atoms with Crippen molar-refractivity contribution >= 4 is 11.8 Å². The largest absolute Gasteiger partial charge is 0.492 e. The molecule has 0 fully saturated rings. The van der Waals surface area contributed by atoms with Gasteiger partial charge in [0.15, 0.2) is 0 Å². The number of imide groups is 1. The minimum absolute atomic E-state index is 0.196. The van der Waals surface area contributed by atoms with E-state index in [1.807, 2.05) is 30.3 Å². The number of rotatable bonds is 6. The van der Waals surface area contributed by atoms with E-state index in [0.29, 0.717) is 16.9 Å². The Bertz CT molecular complexity index is 557. The molecule has 102 valence electrons. The summed E-state index contributed by atoms with van der Waals surface area (Å²) in [5, 5.41) is 0. The minimum atomic E-state index is -0.350. The molecule has 4 heteroatoms.